The van der Waals surface area contributed by atoms with Gasteiger partial charge in [0.1, 0.15) is 5.82 Å². The summed E-state index contributed by atoms with van der Waals surface area (Å²) in [5.74, 6) is 1.01. The molecule has 2 aromatic carbocycles. The first-order valence-electron chi connectivity index (χ1n) is 8.77. The number of carbonyl (C=O) groups is 1. The van der Waals surface area contributed by atoms with Gasteiger partial charge in [-0.25, -0.2) is 4.39 Å². The number of nitrogens with one attached hydrogen (secondary N) is 1. The highest BCUT2D eigenvalue weighted by molar-refractivity contribution is 7.99. The summed E-state index contributed by atoms with van der Waals surface area (Å²) in [6, 6.07) is 7.53. The van der Waals surface area contributed by atoms with Crippen LogP contribution < -0.4 is 19.5 Å². The smallest absolute Gasteiger partial charge is 0.277 e. The Hall–Kier alpha value is -3.27. The second kappa shape index (κ2) is 9.49. The van der Waals surface area contributed by atoms with Gasteiger partial charge in [0.05, 0.1) is 27.1 Å². The molecule has 0 spiro atoms. The predicted molar refractivity (Wildman–Crippen MR) is 110 cm³/mol. The Labute approximate surface area is 176 Å². The SMILES string of the molecule is COc1cc(-c2nnc(SCC(=O)Nc3ccc(F)cc3C)o2)cc(OC)c1OC. The normalized spacial score (nSPS) is 10.6. The number of ether oxygens (including phenoxy) is 3. The van der Waals surface area contributed by atoms with E-state index in [-0.39, 0.29) is 28.6 Å². The van der Waals surface area contributed by atoms with E-state index in [1.54, 1.807) is 19.1 Å². The molecule has 0 aliphatic rings. The van der Waals surface area contributed by atoms with Crippen molar-refractivity contribution >= 4 is 23.4 Å². The van der Waals surface area contributed by atoms with Crippen molar-refractivity contribution in [2.24, 2.45) is 0 Å². The Morgan fingerprint density at radius 2 is 1.80 bits per heavy atom. The van der Waals surface area contributed by atoms with E-state index in [1.807, 2.05) is 0 Å². The number of methoxy groups -OCH3 is 3. The average molecular weight is 433 g/mol. The van der Waals surface area contributed by atoms with Crippen LogP contribution in [-0.2, 0) is 4.79 Å². The van der Waals surface area contributed by atoms with E-state index in [0.717, 1.165) is 11.8 Å². The Bertz CT molecular complexity index is 1030. The number of halogens is 1. The van der Waals surface area contributed by atoms with Gasteiger partial charge in [-0.1, -0.05) is 11.8 Å². The van der Waals surface area contributed by atoms with Crippen LogP contribution >= 0.6 is 11.8 Å². The number of anilines is 1. The lowest BCUT2D eigenvalue weighted by molar-refractivity contribution is -0.113. The number of rotatable bonds is 8. The third-order valence-corrected chi connectivity index (χ3v) is 4.93. The van der Waals surface area contributed by atoms with Crippen molar-refractivity contribution in [1.82, 2.24) is 10.2 Å². The number of amides is 1. The zero-order valence-electron chi connectivity index (χ0n) is 16.8. The van der Waals surface area contributed by atoms with E-state index in [0.29, 0.717) is 34.1 Å². The molecule has 1 aromatic heterocycles. The van der Waals surface area contributed by atoms with Crippen LogP contribution in [0.15, 0.2) is 40.0 Å². The van der Waals surface area contributed by atoms with E-state index >= 15 is 0 Å². The first-order chi connectivity index (χ1) is 14.4. The number of carbonyl (C=O) groups excluding carboxylic acids is 1. The van der Waals surface area contributed by atoms with E-state index in [4.69, 9.17) is 18.6 Å². The Kier molecular flexibility index (Phi) is 6.78. The van der Waals surface area contributed by atoms with Gasteiger partial charge in [0.15, 0.2) is 11.5 Å². The monoisotopic (exact) mass is 433 g/mol. The summed E-state index contributed by atoms with van der Waals surface area (Å²) < 4.78 is 34.8. The molecule has 0 bridgehead atoms. The molecular formula is C20H20FN3O5S. The second-order valence-electron chi connectivity index (χ2n) is 6.08. The molecular weight excluding hydrogens is 413 g/mol. The zero-order valence-corrected chi connectivity index (χ0v) is 17.6. The quantitative estimate of drug-likeness (QED) is 0.534. The maximum atomic E-state index is 13.2. The van der Waals surface area contributed by atoms with E-state index in [2.05, 4.69) is 15.5 Å². The van der Waals surface area contributed by atoms with Crippen molar-refractivity contribution in [2.75, 3.05) is 32.4 Å². The highest BCUT2D eigenvalue weighted by Gasteiger charge is 2.18. The molecule has 0 saturated carbocycles. The van der Waals surface area contributed by atoms with Crippen molar-refractivity contribution in [1.29, 1.82) is 0 Å². The second-order valence-corrected chi connectivity index (χ2v) is 7.01. The molecule has 0 fully saturated rings. The van der Waals surface area contributed by atoms with E-state index in [1.165, 1.54) is 39.5 Å². The fourth-order valence-corrected chi connectivity index (χ4v) is 3.23. The fourth-order valence-electron chi connectivity index (χ4n) is 2.67. The molecule has 0 unspecified atom stereocenters. The minimum atomic E-state index is -0.356. The maximum Gasteiger partial charge on any atom is 0.277 e. The molecule has 8 nitrogen and oxygen atoms in total. The number of nitrogens with zero attached hydrogens (tertiary/aromatic N) is 2. The fraction of sp³-hybridized carbons (Fsp3) is 0.250. The third-order valence-electron chi connectivity index (χ3n) is 4.11. The van der Waals surface area contributed by atoms with Gasteiger partial charge in [0.2, 0.25) is 17.5 Å². The van der Waals surface area contributed by atoms with E-state index < -0.39 is 0 Å². The van der Waals surface area contributed by atoms with Crippen LogP contribution in [0, 0.1) is 12.7 Å². The van der Waals surface area contributed by atoms with Crippen molar-refractivity contribution in [2.45, 2.75) is 12.1 Å². The standard InChI is InChI=1S/C20H20FN3O5S/c1-11-7-13(21)5-6-14(11)22-17(25)10-30-20-24-23-19(29-20)12-8-15(26-2)18(28-4)16(9-12)27-3/h5-9H,10H2,1-4H3,(H,22,25). The summed E-state index contributed by atoms with van der Waals surface area (Å²) in [5.41, 5.74) is 1.76. The lowest BCUT2D eigenvalue weighted by Crippen LogP contribution is -2.14. The summed E-state index contributed by atoms with van der Waals surface area (Å²) in [6.45, 7) is 1.72. The van der Waals surface area contributed by atoms with Gasteiger partial charge in [0, 0.05) is 11.3 Å². The first kappa shape index (κ1) is 21.4. The third kappa shape index (κ3) is 4.82. The Morgan fingerprint density at radius 1 is 1.10 bits per heavy atom. The predicted octanol–water partition coefficient (Wildman–Crippen LogP) is 3.94. The molecule has 1 N–H and O–H groups in total. The zero-order chi connectivity index (χ0) is 21.7. The molecule has 0 atom stereocenters. The number of thioether (sulfide) groups is 1. The van der Waals surface area contributed by atoms with Crippen molar-refractivity contribution in [3.63, 3.8) is 0 Å². The van der Waals surface area contributed by atoms with Crippen molar-refractivity contribution in [3.8, 4) is 28.7 Å². The molecule has 3 aromatic rings. The van der Waals surface area contributed by atoms with Crippen LogP contribution in [0.5, 0.6) is 17.2 Å². The molecule has 158 valence electrons. The molecule has 0 aliphatic carbocycles. The number of hydrogen-bond acceptors (Lipinski definition) is 8. The maximum absolute atomic E-state index is 13.2. The average Bonchev–Trinajstić information content (AvgIpc) is 3.22. The molecule has 1 amide bonds. The molecule has 1 heterocycles. The largest absolute Gasteiger partial charge is 0.493 e. The van der Waals surface area contributed by atoms with Gasteiger partial charge in [-0.05, 0) is 42.8 Å². The summed E-state index contributed by atoms with van der Waals surface area (Å²) in [6.07, 6.45) is 0. The highest BCUT2D eigenvalue weighted by Crippen LogP contribution is 2.41. The lowest BCUT2D eigenvalue weighted by Gasteiger charge is -2.12. The van der Waals surface area contributed by atoms with Crippen LogP contribution in [0.25, 0.3) is 11.5 Å². The number of aryl methyl sites for hydroxylation is 1. The minimum absolute atomic E-state index is 0.0493. The Morgan fingerprint density at radius 3 is 2.40 bits per heavy atom. The summed E-state index contributed by atoms with van der Waals surface area (Å²) in [7, 11) is 4.54. The topological polar surface area (TPSA) is 95.7 Å². The van der Waals surface area contributed by atoms with Gasteiger partial charge >= 0.3 is 0 Å². The summed E-state index contributed by atoms with van der Waals surface area (Å²) in [5, 5.41) is 10.9. The Balaban J connectivity index is 1.68. The van der Waals surface area contributed by atoms with Gasteiger partial charge in [-0.3, -0.25) is 4.79 Å². The minimum Gasteiger partial charge on any atom is -0.493 e. The van der Waals surface area contributed by atoms with Crippen LogP contribution in [0.1, 0.15) is 5.56 Å². The van der Waals surface area contributed by atoms with Crippen LogP contribution in [0.2, 0.25) is 0 Å². The molecule has 10 heteroatoms. The highest BCUT2D eigenvalue weighted by atomic mass is 32.2. The molecule has 30 heavy (non-hydrogen) atoms. The molecule has 0 aliphatic heterocycles. The molecule has 0 radical (unpaired) electrons. The number of hydrogen-bond donors (Lipinski definition) is 1. The van der Waals surface area contributed by atoms with E-state index in [9.17, 15) is 9.18 Å². The molecule has 3 rings (SSSR count). The van der Waals surface area contributed by atoms with Crippen molar-refractivity contribution in [3.05, 3.63) is 41.7 Å². The van der Waals surface area contributed by atoms with Gasteiger partial charge in [-0.15, -0.1) is 10.2 Å². The number of benzene rings is 2. The van der Waals surface area contributed by atoms with Gasteiger partial charge < -0.3 is 23.9 Å². The van der Waals surface area contributed by atoms with Crippen LogP contribution in [0.3, 0.4) is 0 Å². The van der Waals surface area contributed by atoms with Gasteiger partial charge in [0.25, 0.3) is 5.22 Å². The number of aromatic nitrogens is 2. The van der Waals surface area contributed by atoms with Gasteiger partial charge in [-0.2, -0.15) is 0 Å². The lowest BCUT2D eigenvalue weighted by atomic mass is 10.2. The van der Waals surface area contributed by atoms with Crippen LogP contribution in [0.4, 0.5) is 10.1 Å². The van der Waals surface area contributed by atoms with Crippen molar-refractivity contribution < 1.29 is 27.8 Å². The summed E-state index contributed by atoms with van der Waals surface area (Å²) >= 11 is 1.09. The molecule has 0 saturated heterocycles. The summed E-state index contributed by atoms with van der Waals surface area (Å²) in [4.78, 5) is 12.2. The van der Waals surface area contributed by atoms with Crippen LogP contribution in [-0.4, -0.2) is 43.2 Å². The first-order valence-corrected chi connectivity index (χ1v) is 9.76.